The Morgan fingerprint density at radius 2 is 1.60 bits per heavy atom. The number of guanidine groups is 1. The third kappa shape index (κ3) is 8.10. The topological polar surface area (TPSA) is 59.6 Å². The fourth-order valence-corrected chi connectivity index (χ4v) is 1.93. The summed E-state index contributed by atoms with van der Waals surface area (Å²) in [6, 6.07) is 13.5. The Balaban J connectivity index is 0.00000312. The summed E-state index contributed by atoms with van der Waals surface area (Å²) in [5.41, 5.74) is 8.76. The lowest BCUT2D eigenvalue weighted by Gasteiger charge is -2.09. The molecule has 2 aromatic carbocycles. The number of rotatable bonds is 5. The molecule has 0 fully saturated rings. The van der Waals surface area contributed by atoms with Crippen LogP contribution in [0.25, 0.3) is 0 Å². The van der Waals surface area contributed by atoms with Crippen molar-refractivity contribution in [3.05, 3.63) is 65.2 Å². The van der Waals surface area contributed by atoms with E-state index in [0.29, 0.717) is 6.54 Å². The first-order chi connectivity index (χ1) is 11.3. The molecule has 136 valence electrons. The Morgan fingerprint density at radius 3 is 2.16 bits per heavy atom. The summed E-state index contributed by atoms with van der Waals surface area (Å²) in [6.45, 7) is 2.82. The van der Waals surface area contributed by atoms with E-state index in [-0.39, 0.29) is 42.2 Å². The van der Waals surface area contributed by atoms with Gasteiger partial charge in [0.05, 0.1) is 6.54 Å². The molecule has 0 saturated heterocycles. The molecule has 25 heavy (non-hydrogen) atoms. The van der Waals surface area contributed by atoms with Crippen LogP contribution < -0.4 is 15.8 Å². The van der Waals surface area contributed by atoms with Crippen LogP contribution in [0.3, 0.4) is 0 Å². The van der Waals surface area contributed by atoms with E-state index in [9.17, 15) is 13.2 Å². The highest BCUT2D eigenvalue weighted by atomic mass is 127. The molecular formula is C17H19F3IN3O. The second kappa shape index (κ2) is 9.50. The maximum absolute atomic E-state index is 12.1. The molecule has 0 saturated carbocycles. The van der Waals surface area contributed by atoms with Crippen LogP contribution in [0.15, 0.2) is 53.5 Å². The van der Waals surface area contributed by atoms with Gasteiger partial charge in [0.1, 0.15) is 5.75 Å². The van der Waals surface area contributed by atoms with E-state index in [1.54, 1.807) is 0 Å². The van der Waals surface area contributed by atoms with E-state index in [1.807, 2.05) is 31.2 Å². The predicted octanol–water partition coefficient (Wildman–Crippen LogP) is 4.12. The van der Waals surface area contributed by atoms with Gasteiger partial charge in [-0.25, -0.2) is 4.99 Å². The molecule has 0 aliphatic rings. The monoisotopic (exact) mass is 465 g/mol. The van der Waals surface area contributed by atoms with Crippen molar-refractivity contribution in [2.45, 2.75) is 26.4 Å². The average Bonchev–Trinajstić information content (AvgIpc) is 2.52. The average molecular weight is 465 g/mol. The van der Waals surface area contributed by atoms with Crippen molar-refractivity contribution in [2.75, 3.05) is 0 Å². The van der Waals surface area contributed by atoms with Crippen LogP contribution in [-0.2, 0) is 13.1 Å². The molecule has 4 nitrogen and oxygen atoms in total. The van der Waals surface area contributed by atoms with Gasteiger partial charge in [-0.15, -0.1) is 37.1 Å². The van der Waals surface area contributed by atoms with Crippen molar-refractivity contribution < 1.29 is 17.9 Å². The van der Waals surface area contributed by atoms with Gasteiger partial charge in [-0.2, -0.15) is 0 Å². The number of alkyl halides is 3. The first-order valence-electron chi connectivity index (χ1n) is 7.26. The van der Waals surface area contributed by atoms with Crippen LogP contribution in [0.4, 0.5) is 13.2 Å². The van der Waals surface area contributed by atoms with Crippen LogP contribution in [0.1, 0.15) is 16.7 Å². The highest BCUT2D eigenvalue weighted by Crippen LogP contribution is 2.22. The molecule has 0 heterocycles. The summed E-state index contributed by atoms with van der Waals surface area (Å²) in [6.07, 6.45) is -4.69. The summed E-state index contributed by atoms with van der Waals surface area (Å²) < 4.78 is 40.0. The third-order valence-corrected chi connectivity index (χ3v) is 3.18. The number of nitrogens with zero attached hydrogens (tertiary/aromatic N) is 1. The van der Waals surface area contributed by atoms with Crippen LogP contribution in [0.5, 0.6) is 5.75 Å². The molecule has 2 aromatic rings. The Labute approximate surface area is 161 Å². The molecule has 0 amide bonds. The first kappa shape index (κ1) is 21.1. The normalized spacial score (nSPS) is 11.6. The number of nitrogens with two attached hydrogens (primary N) is 1. The number of nitrogens with one attached hydrogen (secondary N) is 1. The van der Waals surface area contributed by atoms with Crippen LogP contribution in [0.2, 0.25) is 0 Å². The maximum atomic E-state index is 12.1. The standard InChI is InChI=1S/C17H18F3N3O.HI/c1-12-2-4-13(5-3-12)10-22-16(21)23-11-14-6-8-15(9-7-14)24-17(18,19)20;/h2-9H,10-11H2,1H3,(H3,21,22,23);1H. The zero-order chi connectivity index (χ0) is 17.6. The van der Waals surface area contributed by atoms with Gasteiger partial charge in [0.2, 0.25) is 0 Å². The van der Waals surface area contributed by atoms with Gasteiger partial charge >= 0.3 is 6.36 Å². The van der Waals surface area contributed by atoms with Crippen LogP contribution in [-0.4, -0.2) is 12.3 Å². The first-order valence-corrected chi connectivity index (χ1v) is 7.26. The number of hydrogen-bond donors (Lipinski definition) is 2. The van der Waals surface area contributed by atoms with E-state index in [0.717, 1.165) is 11.1 Å². The molecule has 0 aliphatic heterocycles. The molecule has 0 bridgehead atoms. The number of halogens is 4. The van der Waals surface area contributed by atoms with Gasteiger partial charge in [-0.3, -0.25) is 0 Å². The molecule has 0 spiro atoms. The molecule has 0 radical (unpaired) electrons. The van der Waals surface area contributed by atoms with Crippen molar-refractivity contribution in [2.24, 2.45) is 10.7 Å². The number of aryl methyl sites for hydroxylation is 1. The lowest BCUT2D eigenvalue weighted by Crippen LogP contribution is -2.31. The van der Waals surface area contributed by atoms with Gasteiger partial charge in [0, 0.05) is 6.54 Å². The molecule has 3 N–H and O–H groups in total. The van der Waals surface area contributed by atoms with Gasteiger partial charge in [0.15, 0.2) is 5.96 Å². The quantitative estimate of drug-likeness (QED) is 0.397. The van der Waals surface area contributed by atoms with Gasteiger partial charge < -0.3 is 15.8 Å². The van der Waals surface area contributed by atoms with E-state index in [2.05, 4.69) is 15.0 Å². The summed E-state index contributed by atoms with van der Waals surface area (Å²) >= 11 is 0. The van der Waals surface area contributed by atoms with Crippen LogP contribution >= 0.6 is 24.0 Å². The molecule has 8 heteroatoms. The lowest BCUT2D eigenvalue weighted by molar-refractivity contribution is -0.274. The van der Waals surface area contributed by atoms with E-state index in [1.165, 1.54) is 29.8 Å². The Morgan fingerprint density at radius 1 is 1.04 bits per heavy atom. The summed E-state index contributed by atoms with van der Waals surface area (Å²) in [5, 5.41) is 2.99. The van der Waals surface area contributed by atoms with Crippen molar-refractivity contribution in [1.82, 2.24) is 5.32 Å². The van der Waals surface area contributed by atoms with Crippen molar-refractivity contribution in [3.8, 4) is 5.75 Å². The van der Waals surface area contributed by atoms with Gasteiger partial charge in [0.25, 0.3) is 0 Å². The Kier molecular flexibility index (Phi) is 8.01. The largest absolute Gasteiger partial charge is 0.573 e. The zero-order valence-corrected chi connectivity index (χ0v) is 15.8. The molecular weight excluding hydrogens is 446 g/mol. The minimum Gasteiger partial charge on any atom is -0.406 e. The fraction of sp³-hybridized carbons (Fsp3) is 0.235. The minimum absolute atomic E-state index is 0. The van der Waals surface area contributed by atoms with Gasteiger partial charge in [-0.05, 0) is 30.2 Å². The van der Waals surface area contributed by atoms with Crippen molar-refractivity contribution in [3.63, 3.8) is 0 Å². The summed E-state index contributed by atoms with van der Waals surface area (Å²) in [5.74, 6) is 0.00638. The van der Waals surface area contributed by atoms with E-state index >= 15 is 0 Å². The molecule has 0 aliphatic carbocycles. The Hall–Kier alpha value is -1.97. The van der Waals surface area contributed by atoms with Gasteiger partial charge in [-0.1, -0.05) is 42.0 Å². The lowest BCUT2D eigenvalue weighted by atomic mass is 10.1. The third-order valence-electron chi connectivity index (χ3n) is 3.18. The number of ether oxygens (including phenoxy) is 1. The molecule has 0 aromatic heterocycles. The highest BCUT2D eigenvalue weighted by Gasteiger charge is 2.30. The summed E-state index contributed by atoms with van der Waals surface area (Å²) in [4.78, 5) is 4.15. The highest BCUT2D eigenvalue weighted by molar-refractivity contribution is 14.0. The molecule has 0 unspecified atom stereocenters. The van der Waals surface area contributed by atoms with E-state index < -0.39 is 6.36 Å². The predicted molar refractivity (Wildman–Crippen MR) is 102 cm³/mol. The second-order valence-electron chi connectivity index (χ2n) is 5.23. The summed E-state index contributed by atoms with van der Waals surface area (Å²) in [7, 11) is 0. The fourth-order valence-electron chi connectivity index (χ4n) is 1.93. The number of hydrogen-bond acceptors (Lipinski definition) is 2. The van der Waals surface area contributed by atoms with E-state index in [4.69, 9.17) is 5.73 Å². The Bertz CT molecular complexity index is 686. The molecule has 0 atom stereocenters. The van der Waals surface area contributed by atoms with Crippen molar-refractivity contribution >= 4 is 29.9 Å². The van der Waals surface area contributed by atoms with Crippen LogP contribution in [0, 0.1) is 6.92 Å². The SMILES string of the molecule is Cc1ccc(CNC(N)=NCc2ccc(OC(F)(F)F)cc2)cc1.I. The molecule has 2 rings (SSSR count). The zero-order valence-electron chi connectivity index (χ0n) is 13.5. The smallest absolute Gasteiger partial charge is 0.406 e. The number of benzene rings is 2. The maximum Gasteiger partial charge on any atom is 0.573 e. The number of aliphatic imine (C=N–C) groups is 1. The second-order valence-corrected chi connectivity index (χ2v) is 5.23. The minimum atomic E-state index is -4.69. The van der Waals surface area contributed by atoms with Crippen molar-refractivity contribution in [1.29, 1.82) is 0 Å².